The molecule has 0 radical (unpaired) electrons. The van der Waals surface area contributed by atoms with Crippen LogP contribution in [-0.2, 0) is 30.5 Å². The van der Waals surface area contributed by atoms with Crippen LogP contribution in [0.4, 0.5) is 5.69 Å². The monoisotopic (exact) mass is 557 g/mol. The molecule has 3 atom stereocenters. The molecule has 2 amide bonds. The molecular formula is C25H23N3O10S. The van der Waals surface area contributed by atoms with Crippen LogP contribution in [0.15, 0.2) is 48.5 Å². The van der Waals surface area contributed by atoms with Crippen LogP contribution in [0.5, 0.6) is 0 Å². The van der Waals surface area contributed by atoms with Crippen LogP contribution in [0, 0.1) is 15.5 Å². The van der Waals surface area contributed by atoms with Gasteiger partial charge in [-0.05, 0) is 29.8 Å². The Hall–Kier alpha value is -4.46. The number of carboxylic acid groups (broad SMARTS) is 1. The number of carboxylic acids is 1. The molecule has 0 spiro atoms. The van der Waals surface area contributed by atoms with E-state index in [9.17, 15) is 39.2 Å². The first-order valence-electron chi connectivity index (χ1n) is 11.6. The number of nitrogens with zero attached hydrogens (tertiary/aromatic N) is 2. The van der Waals surface area contributed by atoms with Gasteiger partial charge in [0.25, 0.3) is 11.6 Å². The number of benzene rings is 2. The number of ether oxygens (including phenoxy) is 2. The Bertz CT molecular complexity index is 1350. The van der Waals surface area contributed by atoms with E-state index in [1.165, 1.54) is 72.1 Å². The lowest BCUT2D eigenvalue weighted by atomic mass is 9.87. The van der Waals surface area contributed by atoms with Crippen molar-refractivity contribution in [3.63, 3.8) is 0 Å². The second-order valence-electron chi connectivity index (χ2n) is 9.03. The van der Waals surface area contributed by atoms with E-state index in [1.807, 2.05) is 0 Å². The maximum Gasteiger partial charge on any atom is 0.336 e. The highest BCUT2D eigenvalue weighted by Crippen LogP contribution is 2.43. The van der Waals surface area contributed by atoms with E-state index >= 15 is 0 Å². The van der Waals surface area contributed by atoms with Crippen molar-refractivity contribution in [2.75, 3.05) is 18.9 Å². The third-order valence-corrected chi connectivity index (χ3v) is 7.92. The summed E-state index contributed by atoms with van der Waals surface area (Å²) in [4.78, 5) is 73.6. The van der Waals surface area contributed by atoms with Gasteiger partial charge in [0.05, 0.1) is 16.1 Å². The van der Waals surface area contributed by atoms with Crippen LogP contribution in [0.1, 0.15) is 33.2 Å². The van der Waals surface area contributed by atoms with E-state index < -0.39 is 51.5 Å². The van der Waals surface area contributed by atoms with Gasteiger partial charge in [-0.3, -0.25) is 29.3 Å². The number of fused-ring (bicyclic) bond motifs is 1. The van der Waals surface area contributed by atoms with Crippen LogP contribution >= 0.6 is 11.8 Å². The van der Waals surface area contributed by atoms with Gasteiger partial charge in [0.15, 0.2) is 0 Å². The molecule has 4 rings (SSSR count). The number of hydrogen-bond donors (Lipinski definition) is 2. The van der Waals surface area contributed by atoms with Crippen molar-refractivity contribution in [1.29, 1.82) is 0 Å². The second-order valence-corrected chi connectivity index (χ2v) is 10.1. The highest BCUT2D eigenvalue weighted by molar-refractivity contribution is 8.00. The van der Waals surface area contributed by atoms with Gasteiger partial charge in [0.2, 0.25) is 5.91 Å². The minimum atomic E-state index is -1.38. The first-order chi connectivity index (χ1) is 18.5. The minimum absolute atomic E-state index is 0.0870. The predicted molar refractivity (Wildman–Crippen MR) is 135 cm³/mol. The fraction of sp³-hybridized carbons (Fsp3) is 0.320. The third kappa shape index (κ3) is 5.70. The number of aromatic carboxylic acids is 1. The largest absolute Gasteiger partial charge is 0.478 e. The van der Waals surface area contributed by atoms with Gasteiger partial charge in [0.1, 0.15) is 30.0 Å². The lowest BCUT2D eigenvalue weighted by Crippen LogP contribution is -2.74. The van der Waals surface area contributed by atoms with Crippen LogP contribution in [0.3, 0.4) is 0 Å². The standard InChI is InChI=1S/C25H23N3O10S/c1-14(29)38-12-25(24(34)37-10-15-6-8-16(9-7-15)28(35)36)11-27-21(31)19(22(27)39-13-25)26-20(30)17-4-2-3-5-18(17)23(32)33/h2-9,19,22H,10-13H2,1H3,(H,26,30)(H,32,33)/t19?,22-,25?/m1/s1. The van der Waals surface area contributed by atoms with Gasteiger partial charge in [-0.1, -0.05) is 12.1 Å². The molecule has 2 aromatic rings. The van der Waals surface area contributed by atoms with Crippen molar-refractivity contribution in [2.45, 2.75) is 24.9 Å². The number of non-ortho nitro benzene ring substituents is 1. The minimum Gasteiger partial charge on any atom is -0.478 e. The summed E-state index contributed by atoms with van der Waals surface area (Å²) in [6, 6.07) is 10.1. The molecule has 0 bridgehead atoms. The van der Waals surface area contributed by atoms with Crippen LogP contribution in [0.25, 0.3) is 0 Å². The van der Waals surface area contributed by atoms with Gasteiger partial charge >= 0.3 is 17.9 Å². The molecule has 2 aromatic carbocycles. The molecule has 2 N–H and O–H groups in total. The number of β-lactam (4-membered cyclic amide) rings is 1. The van der Waals surface area contributed by atoms with Gasteiger partial charge in [-0.25, -0.2) is 4.79 Å². The highest BCUT2D eigenvalue weighted by Gasteiger charge is 2.58. The fourth-order valence-electron chi connectivity index (χ4n) is 4.24. The Labute approximate surface area is 225 Å². The van der Waals surface area contributed by atoms with E-state index in [2.05, 4.69) is 5.32 Å². The fourth-order valence-corrected chi connectivity index (χ4v) is 5.76. The number of hydrogen-bond acceptors (Lipinski definition) is 10. The zero-order chi connectivity index (χ0) is 28.3. The van der Waals surface area contributed by atoms with Crippen LogP contribution in [-0.4, -0.2) is 75.0 Å². The third-order valence-electron chi connectivity index (χ3n) is 6.34. The number of carbonyl (C=O) groups excluding carboxylic acids is 4. The molecule has 2 heterocycles. The number of rotatable bonds is 9. The molecule has 204 valence electrons. The van der Waals surface area contributed by atoms with E-state index in [4.69, 9.17) is 9.47 Å². The van der Waals surface area contributed by atoms with Gasteiger partial charge < -0.3 is 24.8 Å². The van der Waals surface area contributed by atoms with E-state index in [0.29, 0.717) is 5.56 Å². The average Bonchev–Trinajstić information content (AvgIpc) is 2.93. The molecule has 14 heteroatoms. The molecule has 0 aliphatic carbocycles. The number of nitro groups is 1. The smallest absolute Gasteiger partial charge is 0.336 e. The normalized spacial score (nSPS) is 21.7. The molecule has 2 aliphatic rings. The lowest BCUT2D eigenvalue weighted by molar-refractivity contribution is -0.384. The molecule has 13 nitrogen and oxygen atoms in total. The average molecular weight is 558 g/mol. The first-order valence-corrected chi connectivity index (χ1v) is 12.7. The Morgan fingerprint density at radius 1 is 1.13 bits per heavy atom. The molecule has 2 unspecified atom stereocenters. The van der Waals surface area contributed by atoms with Gasteiger partial charge in [-0.15, -0.1) is 11.8 Å². The van der Waals surface area contributed by atoms with Crippen LogP contribution in [0.2, 0.25) is 0 Å². The Morgan fingerprint density at radius 2 is 1.79 bits per heavy atom. The summed E-state index contributed by atoms with van der Waals surface area (Å²) in [5.74, 6) is -3.72. The summed E-state index contributed by atoms with van der Waals surface area (Å²) < 4.78 is 10.6. The van der Waals surface area contributed by atoms with E-state index in [1.54, 1.807) is 0 Å². The summed E-state index contributed by atoms with van der Waals surface area (Å²) in [5.41, 5.74) is -1.28. The number of thioether (sulfide) groups is 1. The zero-order valence-corrected chi connectivity index (χ0v) is 21.3. The Balaban J connectivity index is 1.44. The quantitative estimate of drug-likeness (QED) is 0.198. The molecule has 2 aliphatic heterocycles. The van der Waals surface area contributed by atoms with Gasteiger partial charge in [0, 0.05) is 31.4 Å². The molecule has 2 fully saturated rings. The molecule has 2 saturated heterocycles. The lowest BCUT2D eigenvalue weighted by Gasteiger charge is -2.53. The number of nitrogens with one attached hydrogen (secondary N) is 1. The van der Waals surface area contributed by atoms with Crippen LogP contribution < -0.4 is 5.32 Å². The van der Waals surface area contributed by atoms with Gasteiger partial charge in [-0.2, -0.15) is 0 Å². The topological polar surface area (TPSA) is 182 Å². The van der Waals surface area contributed by atoms with Crippen molar-refractivity contribution in [3.8, 4) is 0 Å². The number of amides is 2. The highest BCUT2D eigenvalue weighted by atomic mass is 32.2. The Morgan fingerprint density at radius 3 is 2.41 bits per heavy atom. The van der Waals surface area contributed by atoms with Crippen molar-refractivity contribution < 1.29 is 43.5 Å². The summed E-state index contributed by atoms with van der Waals surface area (Å²) in [6.45, 7) is 0.522. The maximum atomic E-state index is 13.2. The molecular weight excluding hydrogens is 534 g/mol. The van der Waals surface area contributed by atoms with Crippen molar-refractivity contribution in [3.05, 3.63) is 75.3 Å². The van der Waals surface area contributed by atoms with Crippen molar-refractivity contribution in [2.24, 2.45) is 5.41 Å². The Kier molecular flexibility index (Phi) is 7.85. The molecule has 0 aromatic heterocycles. The number of esters is 2. The predicted octanol–water partition coefficient (Wildman–Crippen LogP) is 1.60. The zero-order valence-electron chi connectivity index (χ0n) is 20.5. The summed E-state index contributed by atoms with van der Waals surface area (Å²) >= 11 is 1.19. The summed E-state index contributed by atoms with van der Waals surface area (Å²) in [6.07, 6.45) is 0. The number of nitro benzene ring substituents is 1. The van der Waals surface area contributed by atoms with E-state index in [-0.39, 0.29) is 42.3 Å². The van der Waals surface area contributed by atoms with E-state index in [0.717, 1.165) is 0 Å². The second kappa shape index (κ2) is 11.1. The summed E-state index contributed by atoms with van der Waals surface area (Å²) in [5, 5.41) is 22.2. The van der Waals surface area contributed by atoms with Crippen molar-refractivity contribution in [1.82, 2.24) is 10.2 Å². The first kappa shape index (κ1) is 27.6. The summed E-state index contributed by atoms with van der Waals surface area (Å²) in [7, 11) is 0. The molecule has 39 heavy (non-hydrogen) atoms. The SMILES string of the molecule is CC(=O)OCC1(C(=O)OCc2ccc([N+](=O)[O-])cc2)CS[C@@H]2C(NC(=O)c3ccccc3C(=O)O)C(=O)N2C1. The number of carbonyl (C=O) groups is 5. The molecule has 0 saturated carbocycles. The van der Waals surface area contributed by atoms with Crippen molar-refractivity contribution >= 4 is 47.2 Å². The maximum absolute atomic E-state index is 13.2.